The molecule has 3 aromatic rings. The highest BCUT2D eigenvalue weighted by molar-refractivity contribution is 7.19. The highest BCUT2D eigenvalue weighted by Crippen LogP contribution is 2.37. The molecule has 7 nitrogen and oxygen atoms in total. The van der Waals surface area contributed by atoms with Gasteiger partial charge < -0.3 is 19.5 Å². The van der Waals surface area contributed by atoms with E-state index >= 15 is 0 Å². The third kappa shape index (κ3) is 3.52. The first-order chi connectivity index (χ1) is 13.0. The summed E-state index contributed by atoms with van der Waals surface area (Å²) < 4.78 is 10.7. The van der Waals surface area contributed by atoms with Crippen molar-refractivity contribution in [3.05, 3.63) is 28.6 Å². The average molecular weight is 384 g/mol. The Labute approximate surface area is 161 Å². The zero-order valence-electron chi connectivity index (χ0n) is 15.6. The lowest BCUT2D eigenvalue weighted by atomic mass is 10.1. The van der Waals surface area contributed by atoms with Gasteiger partial charge in [-0.1, -0.05) is 0 Å². The molecule has 0 radical (unpaired) electrons. The Morgan fingerprint density at radius 3 is 2.41 bits per heavy atom. The quantitative estimate of drug-likeness (QED) is 0.698. The number of aromatic nitrogens is 2. The number of hydrogen-bond donors (Lipinski definition) is 1. The number of nitrogens with zero attached hydrogens (tertiary/aromatic N) is 4. The summed E-state index contributed by atoms with van der Waals surface area (Å²) >= 11 is 1.34. The van der Waals surface area contributed by atoms with Gasteiger partial charge in [0.25, 0.3) is 0 Å². The molecule has 0 atom stereocenters. The minimum Gasteiger partial charge on any atom is -0.497 e. The maximum Gasteiger partial charge on any atom is 0.163 e. The van der Waals surface area contributed by atoms with Gasteiger partial charge in [-0.3, -0.25) is 0 Å². The summed E-state index contributed by atoms with van der Waals surface area (Å²) in [6.07, 6.45) is 0. The number of ether oxygens (including phenoxy) is 2. The lowest BCUT2D eigenvalue weighted by Gasteiger charge is -2.19. The van der Waals surface area contributed by atoms with Crippen molar-refractivity contribution in [3.8, 4) is 29.0 Å². The van der Waals surface area contributed by atoms with Gasteiger partial charge in [-0.25, -0.2) is 9.97 Å². The Balaban J connectivity index is 2.27. The summed E-state index contributed by atoms with van der Waals surface area (Å²) in [7, 11) is 5.03. The zero-order chi connectivity index (χ0) is 19.6. The van der Waals surface area contributed by atoms with Gasteiger partial charge in [0, 0.05) is 25.2 Å². The van der Waals surface area contributed by atoms with Crippen molar-refractivity contribution in [1.29, 1.82) is 5.26 Å². The Morgan fingerprint density at radius 1 is 1.19 bits per heavy atom. The summed E-state index contributed by atoms with van der Waals surface area (Å²) in [6, 6.07) is 7.68. The van der Waals surface area contributed by atoms with Crippen LogP contribution >= 0.6 is 11.3 Å². The van der Waals surface area contributed by atoms with E-state index in [2.05, 4.69) is 11.1 Å². The van der Waals surface area contributed by atoms with Crippen LogP contribution in [0.4, 0.5) is 5.82 Å². The maximum absolute atomic E-state index is 9.40. The van der Waals surface area contributed by atoms with Crippen LogP contribution in [0.5, 0.6) is 11.5 Å². The Morgan fingerprint density at radius 2 is 1.85 bits per heavy atom. The number of nitriles is 1. The first-order valence-electron chi connectivity index (χ1n) is 8.29. The smallest absolute Gasteiger partial charge is 0.163 e. The molecule has 0 aliphatic carbocycles. The van der Waals surface area contributed by atoms with Gasteiger partial charge in [-0.15, -0.1) is 11.3 Å². The third-order valence-corrected chi connectivity index (χ3v) is 5.37. The molecule has 1 N–H and O–H groups in total. The fourth-order valence-electron chi connectivity index (χ4n) is 2.82. The Kier molecular flexibility index (Phi) is 5.44. The summed E-state index contributed by atoms with van der Waals surface area (Å²) in [5.41, 5.74) is 1.60. The molecule has 3 rings (SSSR count). The maximum atomic E-state index is 9.40. The average Bonchev–Trinajstić information content (AvgIpc) is 3.02. The van der Waals surface area contributed by atoms with Crippen molar-refractivity contribution in [2.24, 2.45) is 0 Å². The summed E-state index contributed by atoms with van der Waals surface area (Å²) in [5.74, 6) is 2.46. The topological polar surface area (TPSA) is 91.5 Å². The van der Waals surface area contributed by atoms with Crippen LogP contribution in [0.25, 0.3) is 21.6 Å². The number of fused-ring (bicyclic) bond motifs is 1. The van der Waals surface area contributed by atoms with Crippen molar-refractivity contribution in [1.82, 2.24) is 9.97 Å². The van der Waals surface area contributed by atoms with E-state index in [9.17, 15) is 10.4 Å². The van der Waals surface area contributed by atoms with E-state index in [0.29, 0.717) is 34.6 Å². The van der Waals surface area contributed by atoms with Crippen LogP contribution in [0.1, 0.15) is 10.4 Å². The molecule has 2 heterocycles. The van der Waals surface area contributed by atoms with Crippen LogP contribution in [0.2, 0.25) is 0 Å². The van der Waals surface area contributed by atoms with E-state index in [1.165, 1.54) is 11.3 Å². The van der Waals surface area contributed by atoms with Gasteiger partial charge in [-0.05, 0) is 24.6 Å². The second-order valence-electron chi connectivity index (χ2n) is 5.97. The SMILES string of the molecule is COc1cc(OC)cc(-c2nc(N(C)CCO)c3c(C)c(C#N)sc3n2)c1. The minimum atomic E-state index is -0.00138. The monoisotopic (exact) mass is 384 g/mol. The summed E-state index contributed by atoms with van der Waals surface area (Å²) in [5, 5.41) is 19.6. The number of methoxy groups -OCH3 is 2. The molecule has 2 aromatic heterocycles. The van der Waals surface area contributed by atoms with Gasteiger partial charge >= 0.3 is 0 Å². The number of aliphatic hydroxyl groups is 1. The van der Waals surface area contributed by atoms with Crippen molar-refractivity contribution in [2.45, 2.75) is 6.92 Å². The van der Waals surface area contributed by atoms with E-state index in [4.69, 9.17) is 14.5 Å². The van der Waals surface area contributed by atoms with E-state index in [1.54, 1.807) is 20.3 Å². The molecule has 0 fully saturated rings. The van der Waals surface area contributed by atoms with Crippen molar-refractivity contribution >= 4 is 27.4 Å². The summed E-state index contributed by atoms with van der Waals surface area (Å²) in [6.45, 7) is 2.31. The zero-order valence-corrected chi connectivity index (χ0v) is 16.4. The van der Waals surface area contributed by atoms with Crippen molar-refractivity contribution in [3.63, 3.8) is 0 Å². The molecule has 0 spiro atoms. The highest BCUT2D eigenvalue weighted by atomic mass is 32.1. The summed E-state index contributed by atoms with van der Waals surface area (Å²) in [4.78, 5) is 12.6. The molecule has 0 bridgehead atoms. The third-order valence-electron chi connectivity index (χ3n) is 4.28. The van der Waals surface area contributed by atoms with Gasteiger partial charge in [0.2, 0.25) is 0 Å². The number of likely N-dealkylation sites (N-methyl/N-ethyl adjacent to an activating group) is 1. The molecular formula is C19H20N4O3S. The predicted molar refractivity (Wildman–Crippen MR) is 106 cm³/mol. The van der Waals surface area contributed by atoms with Gasteiger partial charge in [0.05, 0.1) is 26.2 Å². The second-order valence-corrected chi connectivity index (χ2v) is 6.96. The van der Waals surface area contributed by atoms with Gasteiger partial charge in [0.15, 0.2) is 5.82 Å². The van der Waals surface area contributed by atoms with Crippen LogP contribution in [-0.2, 0) is 0 Å². The molecule has 0 amide bonds. The molecular weight excluding hydrogens is 364 g/mol. The largest absolute Gasteiger partial charge is 0.497 e. The minimum absolute atomic E-state index is 0.00138. The number of hydrogen-bond acceptors (Lipinski definition) is 8. The highest BCUT2D eigenvalue weighted by Gasteiger charge is 2.20. The van der Waals surface area contributed by atoms with Gasteiger partial charge in [-0.2, -0.15) is 5.26 Å². The molecule has 0 aliphatic rings. The normalized spacial score (nSPS) is 10.7. The number of aryl methyl sites for hydroxylation is 1. The fraction of sp³-hybridized carbons (Fsp3) is 0.316. The molecule has 1 aromatic carbocycles. The lowest BCUT2D eigenvalue weighted by Crippen LogP contribution is -2.23. The van der Waals surface area contributed by atoms with Crippen LogP contribution in [0, 0.1) is 18.3 Å². The molecule has 0 saturated heterocycles. The molecule has 0 aliphatic heterocycles. The number of aliphatic hydroxyl groups excluding tert-OH is 1. The van der Waals surface area contributed by atoms with E-state index in [0.717, 1.165) is 21.3 Å². The van der Waals surface area contributed by atoms with Crippen molar-refractivity contribution in [2.75, 3.05) is 39.3 Å². The van der Waals surface area contributed by atoms with E-state index < -0.39 is 0 Å². The molecule has 0 saturated carbocycles. The molecule has 0 unspecified atom stereocenters. The van der Waals surface area contributed by atoms with E-state index in [-0.39, 0.29) is 6.61 Å². The van der Waals surface area contributed by atoms with Crippen LogP contribution in [0.3, 0.4) is 0 Å². The number of rotatable bonds is 6. The number of thiophene rings is 1. The number of benzene rings is 1. The van der Waals surface area contributed by atoms with Crippen LogP contribution < -0.4 is 14.4 Å². The van der Waals surface area contributed by atoms with Crippen molar-refractivity contribution < 1.29 is 14.6 Å². The fourth-order valence-corrected chi connectivity index (χ4v) is 3.79. The first-order valence-corrected chi connectivity index (χ1v) is 9.10. The van der Waals surface area contributed by atoms with E-state index in [1.807, 2.05) is 31.0 Å². The Hall–Kier alpha value is -2.89. The Bertz CT molecular complexity index is 1000. The molecule has 27 heavy (non-hydrogen) atoms. The lowest BCUT2D eigenvalue weighted by molar-refractivity contribution is 0.304. The predicted octanol–water partition coefficient (Wildman–Crippen LogP) is 2.98. The number of anilines is 1. The standard InChI is InChI=1S/C19H20N4O3S/c1-11-15(10-20)27-19-16(11)18(23(2)5-6-24)21-17(22-19)12-7-13(25-3)9-14(8-12)26-4/h7-9,24H,5-6H2,1-4H3. The van der Waals surface area contributed by atoms with Gasteiger partial charge in [0.1, 0.15) is 33.1 Å². The van der Waals surface area contributed by atoms with Crippen LogP contribution in [0.15, 0.2) is 18.2 Å². The first kappa shape index (κ1) is 18.9. The molecule has 140 valence electrons. The molecule has 8 heteroatoms. The van der Waals surface area contributed by atoms with Crippen LogP contribution in [-0.4, -0.2) is 49.5 Å². The second kappa shape index (κ2) is 7.78.